The normalized spacial score (nSPS) is 20.6. The zero-order valence-electron chi connectivity index (χ0n) is 11.6. The van der Waals surface area contributed by atoms with E-state index in [0.29, 0.717) is 25.3 Å². The first-order valence-electron chi connectivity index (χ1n) is 6.53. The summed E-state index contributed by atoms with van der Waals surface area (Å²) in [5.74, 6) is -0.646. The molecular weight excluding hydrogens is 263 g/mol. The summed E-state index contributed by atoms with van der Waals surface area (Å²) >= 11 is 0. The topological polar surface area (TPSA) is 64.8 Å². The van der Waals surface area contributed by atoms with Gasteiger partial charge in [0.05, 0.1) is 19.8 Å². The third-order valence-electron chi connectivity index (χ3n) is 3.37. The number of rotatable bonds is 3. The number of hydrogen-bond acceptors (Lipinski definition) is 4. The lowest BCUT2D eigenvalue weighted by atomic mass is 10.1. The van der Waals surface area contributed by atoms with Crippen molar-refractivity contribution in [3.05, 3.63) is 29.6 Å². The van der Waals surface area contributed by atoms with Gasteiger partial charge in [0.25, 0.3) is 5.91 Å². The summed E-state index contributed by atoms with van der Waals surface area (Å²) < 4.78 is 24.0. The summed E-state index contributed by atoms with van der Waals surface area (Å²) in [6.45, 7) is 3.18. The second-order valence-corrected chi connectivity index (χ2v) is 4.87. The average Bonchev–Trinajstić information content (AvgIpc) is 2.46. The van der Waals surface area contributed by atoms with Crippen LogP contribution in [0, 0.1) is 5.82 Å². The van der Waals surface area contributed by atoms with Crippen LogP contribution in [0.15, 0.2) is 18.2 Å². The third kappa shape index (κ3) is 3.08. The monoisotopic (exact) mass is 282 g/mol. The summed E-state index contributed by atoms with van der Waals surface area (Å²) in [7, 11) is 1.38. The number of morpholine rings is 1. The molecule has 1 heterocycles. The molecule has 1 amide bonds. The van der Waals surface area contributed by atoms with E-state index in [4.69, 9.17) is 15.2 Å². The first-order valence-corrected chi connectivity index (χ1v) is 6.53. The van der Waals surface area contributed by atoms with Crippen LogP contribution < -0.4 is 10.5 Å². The Morgan fingerprint density at radius 1 is 1.60 bits per heavy atom. The van der Waals surface area contributed by atoms with E-state index in [1.54, 1.807) is 11.0 Å². The second-order valence-electron chi connectivity index (χ2n) is 4.87. The Hall–Kier alpha value is -1.66. The van der Waals surface area contributed by atoms with Crippen LogP contribution in [0.5, 0.6) is 5.75 Å². The zero-order valence-corrected chi connectivity index (χ0v) is 11.6. The largest absolute Gasteiger partial charge is 0.494 e. The molecule has 2 atom stereocenters. The molecule has 0 aromatic heterocycles. The molecule has 1 aliphatic heterocycles. The summed E-state index contributed by atoms with van der Waals surface area (Å²) in [6.07, 6.45) is -0.184. The number of carbonyl (C=O) groups excluding carboxylic acids is 1. The van der Waals surface area contributed by atoms with Crippen molar-refractivity contribution in [2.45, 2.75) is 19.1 Å². The lowest BCUT2D eigenvalue weighted by Gasteiger charge is -2.34. The molecule has 20 heavy (non-hydrogen) atoms. The van der Waals surface area contributed by atoms with Gasteiger partial charge in [-0.05, 0) is 25.1 Å². The Labute approximate surface area is 117 Å². The number of hydrogen-bond donors (Lipinski definition) is 1. The van der Waals surface area contributed by atoms with Crippen molar-refractivity contribution in [1.29, 1.82) is 0 Å². The molecule has 1 aliphatic rings. The molecule has 0 radical (unpaired) electrons. The van der Waals surface area contributed by atoms with Crippen molar-refractivity contribution in [3.8, 4) is 5.75 Å². The Morgan fingerprint density at radius 2 is 2.35 bits per heavy atom. The quantitative estimate of drug-likeness (QED) is 0.899. The molecule has 2 N–H and O–H groups in total. The maximum atomic E-state index is 13.6. The number of nitrogens with two attached hydrogens (primary N) is 1. The van der Waals surface area contributed by atoms with Crippen LogP contribution in [0.1, 0.15) is 17.3 Å². The number of halogens is 1. The maximum absolute atomic E-state index is 13.6. The maximum Gasteiger partial charge on any atom is 0.254 e. The lowest BCUT2D eigenvalue weighted by molar-refractivity contribution is -0.0300. The van der Waals surface area contributed by atoms with Gasteiger partial charge >= 0.3 is 0 Å². The molecule has 6 heteroatoms. The third-order valence-corrected chi connectivity index (χ3v) is 3.37. The highest BCUT2D eigenvalue weighted by molar-refractivity contribution is 5.94. The smallest absolute Gasteiger partial charge is 0.254 e. The van der Waals surface area contributed by atoms with Gasteiger partial charge in [0.2, 0.25) is 0 Å². The van der Waals surface area contributed by atoms with Crippen LogP contribution >= 0.6 is 0 Å². The summed E-state index contributed by atoms with van der Waals surface area (Å²) in [5.41, 5.74) is 6.09. The molecular formula is C14H19FN2O3. The number of amides is 1. The van der Waals surface area contributed by atoms with Gasteiger partial charge in [-0.1, -0.05) is 0 Å². The fraction of sp³-hybridized carbons (Fsp3) is 0.500. The molecule has 110 valence electrons. The van der Waals surface area contributed by atoms with Crippen LogP contribution in [0.4, 0.5) is 4.39 Å². The highest BCUT2D eigenvalue weighted by Gasteiger charge is 2.27. The molecule has 5 nitrogen and oxygen atoms in total. The summed E-state index contributed by atoms with van der Waals surface area (Å²) in [6, 6.07) is 4.04. The van der Waals surface area contributed by atoms with Crippen molar-refractivity contribution in [1.82, 2.24) is 4.90 Å². The Bertz CT molecular complexity index is 493. The van der Waals surface area contributed by atoms with E-state index < -0.39 is 5.82 Å². The van der Waals surface area contributed by atoms with Gasteiger partial charge in [-0.25, -0.2) is 4.39 Å². The van der Waals surface area contributed by atoms with E-state index in [-0.39, 0.29) is 23.8 Å². The van der Waals surface area contributed by atoms with Crippen LogP contribution in [0.3, 0.4) is 0 Å². The minimum Gasteiger partial charge on any atom is -0.494 e. The molecule has 1 aromatic rings. The molecule has 0 aliphatic carbocycles. The van der Waals surface area contributed by atoms with E-state index in [0.717, 1.165) is 0 Å². The summed E-state index contributed by atoms with van der Waals surface area (Å²) in [5, 5.41) is 0. The van der Waals surface area contributed by atoms with Crippen LogP contribution in [0.25, 0.3) is 0 Å². The van der Waals surface area contributed by atoms with Gasteiger partial charge in [-0.15, -0.1) is 0 Å². The number of ether oxygens (including phenoxy) is 2. The highest BCUT2D eigenvalue weighted by Crippen LogP contribution is 2.19. The number of nitrogens with zero attached hydrogens (tertiary/aromatic N) is 1. The standard InChI is InChI=1S/C14H19FN2O3/c1-9(16)13-8-17(5-6-20-13)14(18)10-3-4-12(19-2)11(15)7-10/h3-4,7,9,13H,5-6,8,16H2,1-2H3. The van der Waals surface area contributed by atoms with Crippen molar-refractivity contribution in [3.63, 3.8) is 0 Å². The van der Waals surface area contributed by atoms with Gasteiger partial charge < -0.3 is 20.1 Å². The van der Waals surface area contributed by atoms with E-state index in [9.17, 15) is 9.18 Å². The SMILES string of the molecule is COc1ccc(C(=O)N2CCOC(C(C)N)C2)cc1F. The van der Waals surface area contributed by atoms with Gasteiger partial charge in [-0.2, -0.15) is 0 Å². The first kappa shape index (κ1) is 14.7. The number of methoxy groups -OCH3 is 1. The van der Waals surface area contributed by atoms with Crippen molar-refractivity contribution < 1.29 is 18.7 Å². The van der Waals surface area contributed by atoms with E-state index in [1.165, 1.54) is 19.2 Å². The molecule has 1 fully saturated rings. The molecule has 2 rings (SSSR count). The van der Waals surface area contributed by atoms with Gasteiger partial charge in [-0.3, -0.25) is 4.79 Å². The second kappa shape index (κ2) is 6.19. The van der Waals surface area contributed by atoms with Crippen LogP contribution in [-0.4, -0.2) is 49.8 Å². The predicted octanol–water partition coefficient (Wildman–Crippen LogP) is 1.02. The molecule has 0 spiro atoms. The average molecular weight is 282 g/mol. The van der Waals surface area contributed by atoms with Crippen molar-refractivity contribution in [2.24, 2.45) is 5.73 Å². The minimum atomic E-state index is -0.546. The minimum absolute atomic E-state index is 0.122. The van der Waals surface area contributed by atoms with Gasteiger partial charge in [0.1, 0.15) is 0 Å². The van der Waals surface area contributed by atoms with Gasteiger partial charge in [0.15, 0.2) is 11.6 Å². The Balaban J connectivity index is 2.12. The van der Waals surface area contributed by atoms with Crippen molar-refractivity contribution in [2.75, 3.05) is 26.8 Å². The zero-order chi connectivity index (χ0) is 14.7. The number of benzene rings is 1. The molecule has 1 aromatic carbocycles. The number of carbonyl (C=O) groups is 1. The van der Waals surface area contributed by atoms with E-state index in [1.807, 2.05) is 6.92 Å². The molecule has 0 saturated carbocycles. The first-order chi connectivity index (χ1) is 9.52. The van der Waals surface area contributed by atoms with Crippen LogP contribution in [-0.2, 0) is 4.74 Å². The van der Waals surface area contributed by atoms with E-state index in [2.05, 4.69) is 0 Å². The lowest BCUT2D eigenvalue weighted by Crippen LogP contribution is -2.51. The Morgan fingerprint density at radius 3 is 2.95 bits per heavy atom. The fourth-order valence-corrected chi connectivity index (χ4v) is 2.16. The molecule has 0 bridgehead atoms. The molecule has 1 saturated heterocycles. The Kier molecular flexibility index (Phi) is 4.57. The molecule has 2 unspecified atom stereocenters. The highest BCUT2D eigenvalue weighted by atomic mass is 19.1. The van der Waals surface area contributed by atoms with Gasteiger partial charge in [0, 0.05) is 24.7 Å². The summed E-state index contributed by atoms with van der Waals surface area (Å²) in [4.78, 5) is 14.0. The van der Waals surface area contributed by atoms with Crippen LogP contribution in [0.2, 0.25) is 0 Å². The van der Waals surface area contributed by atoms with Crippen molar-refractivity contribution >= 4 is 5.91 Å². The fourth-order valence-electron chi connectivity index (χ4n) is 2.16. The van der Waals surface area contributed by atoms with E-state index >= 15 is 0 Å². The predicted molar refractivity (Wildman–Crippen MR) is 72.2 cm³/mol.